The van der Waals surface area contributed by atoms with Gasteiger partial charge in [-0.1, -0.05) is 30.3 Å². The average molecular weight is 400 g/mol. The molecule has 0 radical (unpaired) electrons. The van der Waals surface area contributed by atoms with E-state index in [0.717, 1.165) is 16.5 Å². The van der Waals surface area contributed by atoms with Crippen molar-refractivity contribution < 1.29 is 18.7 Å². The molecule has 0 saturated carbocycles. The molecule has 1 heterocycles. The van der Waals surface area contributed by atoms with Crippen molar-refractivity contribution in [1.82, 2.24) is 0 Å². The number of Topliss-reactive ketones (excluding diaryl/α,β-unsaturated/α-hetero) is 1. The summed E-state index contributed by atoms with van der Waals surface area (Å²) in [4.78, 5) is 24.6. The minimum atomic E-state index is -0.434. The summed E-state index contributed by atoms with van der Waals surface area (Å²) in [5, 5.41) is 0.812. The molecule has 0 unspecified atom stereocenters. The van der Waals surface area contributed by atoms with Gasteiger partial charge in [0.25, 0.3) is 0 Å². The molecular formula is C25H20O5. The van der Waals surface area contributed by atoms with Gasteiger partial charge in [0.05, 0.1) is 7.11 Å². The van der Waals surface area contributed by atoms with E-state index in [4.69, 9.17) is 13.9 Å². The van der Waals surface area contributed by atoms with Crippen LogP contribution in [0, 0.1) is 6.92 Å². The number of aryl methyl sites for hydroxylation is 1. The Hall–Kier alpha value is -3.86. The van der Waals surface area contributed by atoms with Crippen molar-refractivity contribution in [3.63, 3.8) is 0 Å². The lowest BCUT2D eigenvalue weighted by molar-refractivity contribution is 0.0921. The Kier molecular flexibility index (Phi) is 5.35. The number of carbonyl (C=O) groups is 1. The molecule has 0 aliphatic carbocycles. The number of fused-ring (bicyclic) bond motifs is 1. The van der Waals surface area contributed by atoms with Gasteiger partial charge in [0.1, 0.15) is 17.1 Å². The summed E-state index contributed by atoms with van der Waals surface area (Å²) in [7, 11) is 1.57. The zero-order chi connectivity index (χ0) is 21.1. The Bertz CT molecular complexity index is 1250. The van der Waals surface area contributed by atoms with E-state index in [0.29, 0.717) is 28.2 Å². The molecule has 30 heavy (non-hydrogen) atoms. The highest BCUT2D eigenvalue weighted by Gasteiger charge is 2.14. The minimum Gasteiger partial charge on any atom is -0.497 e. The van der Waals surface area contributed by atoms with Crippen LogP contribution in [0.5, 0.6) is 11.5 Å². The Labute approximate surface area is 173 Å². The quantitative estimate of drug-likeness (QED) is 0.335. The third-order valence-corrected chi connectivity index (χ3v) is 4.97. The first-order valence-electron chi connectivity index (χ1n) is 9.50. The van der Waals surface area contributed by atoms with E-state index >= 15 is 0 Å². The highest BCUT2D eigenvalue weighted by Crippen LogP contribution is 2.33. The fourth-order valence-corrected chi connectivity index (χ4v) is 3.36. The number of ether oxygens (including phenoxy) is 2. The van der Waals surface area contributed by atoms with Crippen LogP contribution in [0.15, 0.2) is 82.0 Å². The largest absolute Gasteiger partial charge is 0.497 e. The molecule has 0 aliphatic rings. The second-order valence-corrected chi connectivity index (χ2v) is 6.85. The maximum absolute atomic E-state index is 12.4. The maximum Gasteiger partial charge on any atom is 0.336 e. The molecule has 1 aromatic heterocycles. The molecular weight excluding hydrogens is 380 g/mol. The van der Waals surface area contributed by atoms with Crippen molar-refractivity contribution >= 4 is 16.8 Å². The third kappa shape index (κ3) is 3.82. The molecule has 0 amide bonds. The first-order valence-corrected chi connectivity index (χ1v) is 9.50. The summed E-state index contributed by atoms with van der Waals surface area (Å²) in [6.07, 6.45) is 0. The molecule has 5 heteroatoms. The normalized spacial score (nSPS) is 10.7. The number of benzene rings is 3. The molecule has 0 saturated heterocycles. The predicted octanol–water partition coefficient (Wildman–Crippen LogP) is 5.04. The molecule has 0 spiro atoms. The topological polar surface area (TPSA) is 65.7 Å². The standard InChI is InChI=1S/C25H20O5/c1-16-23(29-15-22(26)18-8-10-19(28-2)11-9-18)13-12-20-21(14-24(27)30-25(16)20)17-6-4-3-5-7-17/h3-14H,15H2,1-2H3. The Balaban J connectivity index is 1.63. The van der Waals surface area contributed by atoms with Gasteiger partial charge in [-0.05, 0) is 54.4 Å². The van der Waals surface area contributed by atoms with Crippen LogP contribution in [0.4, 0.5) is 0 Å². The van der Waals surface area contributed by atoms with Crippen LogP contribution in [-0.2, 0) is 0 Å². The van der Waals surface area contributed by atoms with E-state index in [1.165, 1.54) is 6.07 Å². The van der Waals surface area contributed by atoms with Gasteiger partial charge in [0.2, 0.25) is 0 Å². The number of ketones is 1. The lowest BCUT2D eigenvalue weighted by atomic mass is 10.0. The molecule has 0 fully saturated rings. The summed E-state index contributed by atoms with van der Waals surface area (Å²) >= 11 is 0. The van der Waals surface area contributed by atoms with Gasteiger partial charge in [-0.3, -0.25) is 4.79 Å². The van der Waals surface area contributed by atoms with Crippen LogP contribution in [0.3, 0.4) is 0 Å². The summed E-state index contributed by atoms with van der Waals surface area (Å²) in [5.74, 6) is 1.02. The fourth-order valence-electron chi connectivity index (χ4n) is 3.36. The lowest BCUT2D eigenvalue weighted by Gasteiger charge is -2.12. The van der Waals surface area contributed by atoms with Crippen LogP contribution in [0.2, 0.25) is 0 Å². The summed E-state index contributed by atoms with van der Waals surface area (Å²) < 4.78 is 16.3. The molecule has 0 atom stereocenters. The van der Waals surface area contributed by atoms with Crippen molar-refractivity contribution in [1.29, 1.82) is 0 Å². The smallest absolute Gasteiger partial charge is 0.336 e. The van der Waals surface area contributed by atoms with Crippen molar-refractivity contribution in [3.8, 4) is 22.6 Å². The van der Waals surface area contributed by atoms with E-state index in [9.17, 15) is 9.59 Å². The first-order chi connectivity index (χ1) is 14.6. The van der Waals surface area contributed by atoms with E-state index in [2.05, 4.69) is 0 Å². The van der Waals surface area contributed by atoms with Crippen LogP contribution in [0.1, 0.15) is 15.9 Å². The zero-order valence-electron chi connectivity index (χ0n) is 16.7. The second kappa shape index (κ2) is 8.25. The number of methoxy groups -OCH3 is 1. The molecule has 3 aromatic carbocycles. The molecule has 0 N–H and O–H groups in total. The van der Waals surface area contributed by atoms with E-state index in [1.54, 1.807) is 37.4 Å². The molecule has 0 aliphatic heterocycles. The predicted molar refractivity (Wildman–Crippen MR) is 115 cm³/mol. The number of hydrogen-bond donors (Lipinski definition) is 0. The van der Waals surface area contributed by atoms with Gasteiger partial charge in [-0.25, -0.2) is 4.79 Å². The van der Waals surface area contributed by atoms with Gasteiger partial charge < -0.3 is 13.9 Å². The van der Waals surface area contributed by atoms with Crippen LogP contribution < -0.4 is 15.1 Å². The minimum absolute atomic E-state index is 0.124. The number of rotatable bonds is 6. The molecule has 5 nitrogen and oxygen atoms in total. The third-order valence-electron chi connectivity index (χ3n) is 4.97. The fraction of sp³-hybridized carbons (Fsp3) is 0.120. The highest BCUT2D eigenvalue weighted by molar-refractivity contribution is 5.98. The lowest BCUT2D eigenvalue weighted by Crippen LogP contribution is -2.12. The monoisotopic (exact) mass is 400 g/mol. The molecule has 0 bridgehead atoms. The SMILES string of the molecule is COc1ccc(C(=O)COc2ccc3c(-c4ccccc4)cc(=O)oc3c2C)cc1. The maximum atomic E-state index is 12.4. The van der Waals surface area contributed by atoms with Crippen molar-refractivity contribution in [2.75, 3.05) is 13.7 Å². The van der Waals surface area contributed by atoms with Crippen LogP contribution >= 0.6 is 0 Å². The van der Waals surface area contributed by atoms with Crippen LogP contribution in [-0.4, -0.2) is 19.5 Å². The Morgan fingerprint density at radius 1 is 0.967 bits per heavy atom. The summed E-state index contributed by atoms with van der Waals surface area (Å²) in [5.41, 5.74) is 2.95. The van der Waals surface area contributed by atoms with Gasteiger partial charge in [-0.15, -0.1) is 0 Å². The van der Waals surface area contributed by atoms with Crippen molar-refractivity contribution in [3.05, 3.63) is 94.3 Å². The van der Waals surface area contributed by atoms with E-state index in [-0.39, 0.29) is 12.4 Å². The van der Waals surface area contributed by atoms with Gasteiger partial charge in [0.15, 0.2) is 12.4 Å². The zero-order valence-corrected chi connectivity index (χ0v) is 16.7. The molecule has 150 valence electrons. The van der Waals surface area contributed by atoms with E-state index < -0.39 is 5.63 Å². The average Bonchev–Trinajstić information content (AvgIpc) is 2.79. The highest BCUT2D eigenvalue weighted by atomic mass is 16.5. The molecule has 4 aromatic rings. The first kappa shape index (κ1) is 19.5. The number of carbonyl (C=O) groups excluding carboxylic acids is 1. The Morgan fingerprint density at radius 2 is 1.70 bits per heavy atom. The van der Waals surface area contributed by atoms with Gasteiger partial charge >= 0.3 is 5.63 Å². The molecule has 4 rings (SSSR count). The number of hydrogen-bond acceptors (Lipinski definition) is 5. The van der Waals surface area contributed by atoms with Crippen LogP contribution in [0.25, 0.3) is 22.1 Å². The van der Waals surface area contributed by atoms with Gasteiger partial charge in [-0.2, -0.15) is 0 Å². The Morgan fingerprint density at radius 3 is 2.40 bits per heavy atom. The van der Waals surface area contributed by atoms with Gasteiger partial charge in [0, 0.05) is 22.6 Å². The summed E-state index contributed by atoms with van der Waals surface area (Å²) in [6.45, 7) is 1.69. The summed E-state index contributed by atoms with van der Waals surface area (Å²) in [6, 6.07) is 21.7. The van der Waals surface area contributed by atoms with Crippen molar-refractivity contribution in [2.24, 2.45) is 0 Å². The second-order valence-electron chi connectivity index (χ2n) is 6.85. The van der Waals surface area contributed by atoms with E-state index in [1.807, 2.05) is 43.3 Å². The van der Waals surface area contributed by atoms with Crippen molar-refractivity contribution in [2.45, 2.75) is 6.92 Å².